The minimum atomic E-state index is -1.04. The molecule has 0 saturated heterocycles. The molecule has 1 heterocycles. The first-order valence-corrected chi connectivity index (χ1v) is 8.51. The van der Waals surface area contributed by atoms with Gasteiger partial charge in [-0.25, -0.2) is 4.79 Å². The van der Waals surface area contributed by atoms with E-state index in [1.807, 2.05) is 31.2 Å². The first-order valence-electron chi connectivity index (χ1n) is 8.51. The number of hydrogen-bond acceptors (Lipinski definition) is 5. The van der Waals surface area contributed by atoms with Crippen LogP contribution in [0.25, 0.3) is 10.8 Å². The van der Waals surface area contributed by atoms with Gasteiger partial charge in [0.2, 0.25) is 0 Å². The summed E-state index contributed by atoms with van der Waals surface area (Å²) in [5, 5.41) is 18.7. The Labute approximate surface area is 156 Å². The zero-order valence-electron chi connectivity index (χ0n) is 15.6. The van der Waals surface area contributed by atoms with E-state index in [2.05, 4.69) is 10.4 Å². The second-order valence-corrected chi connectivity index (χ2v) is 6.42. The van der Waals surface area contributed by atoms with Crippen LogP contribution in [-0.2, 0) is 16.6 Å². The number of carbonyl (C=O) groups is 2. The van der Waals surface area contributed by atoms with E-state index >= 15 is 0 Å². The van der Waals surface area contributed by atoms with Crippen LogP contribution < -0.4 is 5.32 Å². The van der Waals surface area contributed by atoms with Crippen molar-refractivity contribution in [2.24, 2.45) is 7.05 Å². The first kappa shape index (κ1) is 18.4. The number of hydrogen-bond donors (Lipinski definition) is 2. The number of fused-ring (bicyclic) bond motifs is 1. The first-order chi connectivity index (χ1) is 12.8. The molecular weight excluding hydrogens is 346 g/mol. The maximum Gasteiger partial charge on any atom is 0.342 e. The largest absolute Gasteiger partial charge is 0.507 e. The average Bonchev–Trinajstić information content (AvgIpc) is 2.87. The van der Waals surface area contributed by atoms with Crippen molar-refractivity contribution in [1.29, 1.82) is 0 Å². The van der Waals surface area contributed by atoms with E-state index in [-0.39, 0.29) is 11.3 Å². The summed E-state index contributed by atoms with van der Waals surface area (Å²) in [7, 11) is 1.78. The van der Waals surface area contributed by atoms with E-state index < -0.39 is 18.0 Å². The topological polar surface area (TPSA) is 93.5 Å². The average molecular weight is 367 g/mol. The SMILES string of the molecule is Cc1nn(C)c(C)c1NC(=O)[C@H](C)OC(=O)c1cc2ccccc2cc1O. The number of anilines is 1. The second-order valence-electron chi connectivity index (χ2n) is 6.42. The fourth-order valence-electron chi connectivity index (χ4n) is 2.85. The number of aryl methyl sites for hydroxylation is 2. The maximum atomic E-state index is 12.4. The summed E-state index contributed by atoms with van der Waals surface area (Å²) >= 11 is 0. The Morgan fingerprint density at radius 3 is 2.41 bits per heavy atom. The highest BCUT2D eigenvalue weighted by molar-refractivity contribution is 6.01. The molecule has 7 heteroatoms. The van der Waals surface area contributed by atoms with Crippen LogP contribution >= 0.6 is 0 Å². The third-order valence-corrected chi connectivity index (χ3v) is 4.49. The molecule has 1 atom stereocenters. The van der Waals surface area contributed by atoms with E-state index in [4.69, 9.17) is 4.74 Å². The van der Waals surface area contributed by atoms with Gasteiger partial charge in [0, 0.05) is 7.05 Å². The van der Waals surface area contributed by atoms with Gasteiger partial charge in [-0.3, -0.25) is 9.48 Å². The van der Waals surface area contributed by atoms with Crippen LogP contribution in [0.2, 0.25) is 0 Å². The van der Waals surface area contributed by atoms with Crippen LogP contribution in [-0.4, -0.2) is 32.9 Å². The molecule has 140 valence electrons. The van der Waals surface area contributed by atoms with Crippen molar-refractivity contribution in [3.05, 3.63) is 53.3 Å². The van der Waals surface area contributed by atoms with Crippen molar-refractivity contribution >= 4 is 28.3 Å². The van der Waals surface area contributed by atoms with Crippen molar-refractivity contribution < 1.29 is 19.4 Å². The van der Waals surface area contributed by atoms with E-state index in [1.165, 1.54) is 13.0 Å². The number of aromatic nitrogens is 2. The number of ether oxygens (including phenoxy) is 1. The molecule has 3 aromatic rings. The van der Waals surface area contributed by atoms with Crippen LogP contribution in [0.15, 0.2) is 36.4 Å². The van der Waals surface area contributed by atoms with Gasteiger partial charge in [-0.2, -0.15) is 5.10 Å². The Morgan fingerprint density at radius 1 is 1.19 bits per heavy atom. The molecule has 0 spiro atoms. The lowest BCUT2D eigenvalue weighted by Gasteiger charge is -2.14. The normalized spacial score (nSPS) is 12.0. The Hall–Kier alpha value is -3.35. The predicted octanol–water partition coefficient (Wildman–Crippen LogP) is 3.08. The molecule has 0 bridgehead atoms. The molecule has 0 fully saturated rings. The van der Waals surface area contributed by atoms with Crippen LogP contribution in [0.4, 0.5) is 5.69 Å². The highest BCUT2D eigenvalue weighted by Gasteiger charge is 2.23. The summed E-state index contributed by atoms with van der Waals surface area (Å²) in [6.45, 7) is 5.10. The number of amides is 1. The monoisotopic (exact) mass is 367 g/mol. The number of rotatable bonds is 4. The van der Waals surface area contributed by atoms with Gasteiger partial charge in [0.1, 0.15) is 11.3 Å². The quantitative estimate of drug-likeness (QED) is 0.691. The Balaban J connectivity index is 1.75. The van der Waals surface area contributed by atoms with Gasteiger partial charge in [-0.05, 0) is 43.7 Å². The highest BCUT2D eigenvalue weighted by Crippen LogP contribution is 2.26. The lowest BCUT2D eigenvalue weighted by molar-refractivity contribution is -0.123. The number of benzene rings is 2. The summed E-state index contributed by atoms with van der Waals surface area (Å²) in [4.78, 5) is 24.8. The number of phenols is 1. The summed E-state index contributed by atoms with van der Waals surface area (Å²) in [5.74, 6) is -1.42. The van der Waals surface area contributed by atoms with Crippen molar-refractivity contribution in [3.63, 3.8) is 0 Å². The number of esters is 1. The van der Waals surface area contributed by atoms with Crippen molar-refractivity contribution in [1.82, 2.24) is 9.78 Å². The standard InChI is InChI=1S/C20H21N3O4/c1-11-18(12(2)23(4)22-11)21-19(25)13(3)27-20(26)16-9-14-7-5-6-8-15(14)10-17(16)24/h5-10,13,24H,1-4H3,(H,21,25)/t13-/m0/s1. The van der Waals surface area contributed by atoms with Crippen LogP contribution in [0, 0.1) is 13.8 Å². The molecule has 0 radical (unpaired) electrons. The van der Waals surface area contributed by atoms with E-state index in [0.717, 1.165) is 16.5 Å². The molecule has 0 unspecified atom stereocenters. The van der Waals surface area contributed by atoms with E-state index in [9.17, 15) is 14.7 Å². The molecule has 2 aromatic carbocycles. The van der Waals surface area contributed by atoms with Gasteiger partial charge in [0.05, 0.1) is 17.1 Å². The Kier molecular flexibility index (Phi) is 4.85. The zero-order valence-corrected chi connectivity index (χ0v) is 15.6. The lowest BCUT2D eigenvalue weighted by Crippen LogP contribution is -2.30. The third kappa shape index (κ3) is 3.62. The number of aromatic hydroxyl groups is 1. The third-order valence-electron chi connectivity index (χ3n) is 4.49. The van der Waals surface area contributed by atoms with Gasteiger partial charge in [0.15, 0.2) is 6.10 Å². The number of nitrogens with one attached hydrogen (secondary N) is 1. The molecule has 1 amide bonds. The summed E-state index contributed by atoms with van der Waals surface area (Å²) in [5.41, 5.74) is 2.08. The Bertz CT molecular complexity index is 1040. The van der Waals surface area contributed by atoms with Gasteiger partial charge in [-0.15, -0.1) is 0 Å². The fraction of sp³-hybridized carbons (Fsp3) is 0.250. The molecular formula is C20H21N3O4. The number of carbonyl (C=O) groups excluding carboxylic acids is 2. The van der Waals surface area contributed by atoms with Gasteiger partial charge >= 0.3 is 5.97 Å². The maximum absolute atomic E-state index is 12.4. The molecule has 0 aliphatic heterocycles. The van der Waals surface area contributed by atoms with Gasteiger partial charge < -0.3 is 15.2 Å². The molecule has 0 saturated carbocycles. The highest BCUT2D eigenvalue weighted by atomic mass is 16.5. The molecule has 0 aliphatic carbocycles. The Morgan fingerprint density at radius 2 is 1.81 bits per heavy atom. The molecule has 7 nitrogen and oxygen atoms in total. The lowest BCUT2D eigenvalue weighted by atomic mass is 10.1. The molecule has 27 heavy (non-hydrogen) atoms. The van der Waals surface area contributed by atoms with Gasteiger partial charge in [-0.1, -0.05) is 24.3 Å². The van der Waals surface area contributed by atoms with Crippen molar-refractivity contribution in [2.45, 2.75) is 26.9 Å². The second kappa shape index (κ2) is 7.11. The number of phenolic OH excluding ortho intramolecular Hbond substituents is 1. The smallest absolute Gasteiger partial charge is 0.342 e. The van der Waals surface area contributed by atoms with Crippen LogP contribution in [0.1, 0.15) is 28.7 Å². The summed E-state index contributed by atoms with van der Waals surface area (Å²) in [6, 6.07) is 10.4. The van der Waals surface area contributed by atoms with Crippen molar-refractivity contribution in [2.75, 3.05) is 5.32 Å². The van der Waals surface area contributed by atoms with Gasteiger partial charge in [0.25, 0.3) is 5.91 Å². The van der Waals surface area contributed by atoms with Crippen LogP contribution in [0.3, 0.4) is 0 Å². The van der Waals surface area contributed by atoms with E-state index in [0.29, 0.717) is 11.4 Å². The molecule has 1 aromatic heterocycles. The minimum absolute atomic E-state index is 0.0158. The van der Waals surface area contributed by atoms with Crippen molar-refractivity contribution in [3.8, 4) is 5.75 Å². The van der Waals surface area contributed by atoms with Crippen LogP contribution in [0.5, 0.6) is 5.75 Å². The summed E-state index contributed by atoms with van der Waals surface area (Å²) < 4.78 is 6.91. The molecule has 3 rings (SSSR count). The zero-order chi connectivity index (χ0) is 19.7. The predicted molar refractivity (Wildman–Crippen MR) is 102 cm³/mol. The fourth-order valence-corrected chi connectivity index (χ4v) is 2.85. The van der Waals surface area contributed by atoms with E-state index in [1.54, 1.807) is 24.7 Å². The summed E-state index contributed by atoms with van der Waals surface area (Å²) in [6.07, 6.45) is -1.04. The molecule has 2 N–H and O–H groups in total. The number of nitrogens with zero attached hydrogens (tertiary/aromatic N) is 2. The minimum Gasteiger partial charge on any atom is -0.507 e. The molecule has 0 aliphatic rings.